The Kier molecular flexibility index (Phi) is 13.5. The summed E-state index contributed by atoms with van der Waals surface area (Å²) in [7, 11) is 0. The summed E-state index contributed by atoms with van der Waals surface area (Å²) in [4.78, 5) is 0. The van der Waals surface area contributed by atoms with Crippen LogP contribution >= 0.6 is 0 Å². The molecule has 0 bridgehead atoms. The number of halogens is 2. The van der Waals surface area contributed by atoms with Crippen molar-refractivity contribution in [2.45, 2.75) is 19.3 Å². The Labute approximate surface area is 104 Å². The number of hydrogen-bond donors (Lipinski definition) is 0. The first kappa shape index (κ1) is 16.2. The Morgan fingerprint density at radius 3 is 1.92 bits per heavy atom. The average Bonchev–Trinajstić information content (AvgIpc) is 2.57. The molecule has 1 saturated heterocycles. The van der Waals surface area contributed by atoms with E-state index in [0.717, 1.165) is 13.2 Å². The SMILES string of the molecule is C1CCOC1.[Cl-].[Cl-].[Ti+2][C]1=CC=CC1. The van der Waals surface area contributed by atoms with Gasteiger partial charge in [-0.2, -0.15) is 0 Å². The van der Waals surface area contributed by atoms with Gasteiger partial charge < -0.3 is 29.6 Å². The average molecular weight is 256 g/mol. The summed E-state index contributed by atoms with van der Waals surface area (Å²) in [6.45, 7) is 2.00. The third-order valence-electron chi connectivity index (χ3n) is 1.60. The van der Waals surface area contributed by atoms with Crippen molar-refractivity contribution < 1.29 is 50.0 Å². The molecule has 73 valence electrons. The number of hydrogen-bond acceptors (Lipinski definition) is 1. The topological polar surface area (TPSA) is 9.23 Å². The fourth-order valence-electron chi connectivity index (χ4n) is 0.958. The molecule has 0 radical (unpaired) electrons. The summed E-state index contributed by atoms with van der Waals surface area (Å²) in [5.74, 6) is 0. The van der Waals surface area contributed by atoms with Gasteiger partial charge in [0.15, 0.2) is 0 Å². The van der Waals surface area contributed by atoms with Crippen molar-refractivity contribution >= 4 is 0 Å². The van der Waals surface area contributed by atoms with E-state index in [1.807, 2.05) is 0 Å². The second-order valence-corrected chi connectivity index (χ2v) is 3.65. The van der Waals surface area contributed by atoms with Crippen LogP contribution < -0.4 is 24.8 Å². The molecule has 0 aromatic rings. The molecule has 2 aliphatic rings. The Balaban J connectivity index is 0. The number of allylic oxidation sites excluding steroid dienone is 4. The summed E-state index contributed by atoms with van der Waals surface area (Å²) in [5, 5.41) is 0. The molecule has 1 aliphatic heterocycles. The third-order valence-corrected chi connectivity index (χ3v) is 2.18. The van der Waals surface area contributed by atoms with Crippen molar-refractivity contribution in [2.75, 3.05) is 13.2 Å². The fourth-order valence-corrected chi connectivity index (χ4v) is 1.29. The van der Waals surface area contributed by atoms with Crippen LogP contribution in [0.5, 0.6) is 0 Å². The van der Waals surface area contributed by atoms with Crippen molar-refractivity contribution in [2.24, 2.45) is 0 Å². The molecule has 2 rings (SSSR count). The van der Waals surface area contributed by atoms with Crippen LogP contribution in [0.25, 0.3) is 0 Å². The molecule has 1 aliphatic carbocycles. The van der Waals surface area contributed by atoms with Crippen LogP contribution in [0.3, 0.4) is 0 Å². The van der Waals surface area contributed by atoms with Crippen LogP contribution in [0.1, 0.15) is 19.3 Å². The van der Waals surface area contributed by atoms with Crippen LogP contribution in [0, 0.1) is 0 Å². The molecular weight excluding hydrogens is 243 g/mol. The van der Waals surface area contributed by atoms with Gasteiger partial charge in [0.25, 0.3) is 0 Å². The molecule has 13 heavy (non-hydrogen) atoms. The van der Waals surface area contributed by atoms with E-state index in [4.69, 9.17) is 4.74 Å². The molecule has 0 aromatic carbocycles. The van der Waals surface area contributed by atoms with Gasteiger partial charge in [-0.15, -0.1) is 0 Å². The van der Waals surface area contributed by atoms with Gasteiger partial charge in [-0.25, -0.2) is 0 Å². The molecule has 4 heteroatoms. The zero-order valence-corrected chi connectivity index (χ0v) is 10.5. The minimum atomic E-state index is 0. The summed E-state index contributed by atoms with van der Waals surface area (Å²) < 4.78 is 6.41. The van der Waals surface area contributed by atoms with Crippen molar-refractivity contribution in [3.8, 4) is 0 Å². The second-order valence-electron chi connectivity index (χ2n) is 2.64. The second kappa shape index (κ2) is 10.8. The van der Waals surface area contributed by atoms with E-state index in [2.05, 4.69) is 38.7 Å². The van der Waals surface area contributed by atoms with Gasteiger partial charge in [-0.3, -0.25) is 0 Å². The van der Waals surface area contributed by atoms with E-state index in [9.17, 15) is 0 Å². The maximum atomic E-state index is 4.94. The Bertz CT molecular complexity index is 157. The molecule has 0 unspecified atom stereocenters. The Morgan fingerprint density at radius 1 is 1.15 bits per heavy atom. The molecule has 1 fully saturated rings. The summed E-state index contributed by atoms with van der Waals surface area (Å²) in [6, 6.07) is 0. The first-order chi connectivity index (χ1) is 5.39. The predicted molar refractivity (Wildman–Crippen MR) is 41.9 cm³/mol. The van der Waals surface area contributed by atoms with Crippen molar-refractivity contribution in [3.63, 3.8) is 0 Å². The zero-order valence-electron chi connectivity index (χ0n) is 7.43. The molecule has 0 N–H and O–H groups in total. The minimum absolute atomic E-state index is 0. The molecule has 0 saturated carbocycles. The first-order valence-electron chi connectivity index (χ1n) is 4.04. The third kappa shape index (κ3) is 9.05. The van der Waals surface area contributed by atoms with Crippen LogP contribution in [-0.4, -0.2) is 13.2 Å². The van der Waals surface area contributed by atoms with Gasteiger partial charge in [0.2, 0.25) is 0 Å². The molecule has 0 spiro atoms. The van der Waals surface area contributed by atoms with Gasteiger partial charge in [-0.05, 0) is 12.8 Å². The van der Waals surface area contributed by atoms with E-state index in [1.165, 1.54) is 23.1 Å². The summed E-state index contributed by atoms with van der Waals surface area (Å²) in [6.07, 6.45) is 10.1. The van der Waals surface area contributed by atoms with Crippen LogP contribution in [0.2, 0.25) is 0 Å². The molecule has 0 aromatic heterocycles. The summed E-state index contributed by atoms with van der Waals surface area (Å²) in [5.41, 5.74) is 0. The van der Waals surface area contributed by atoms with Crippen molar-refractivity contribution in [3.05, 3.63) is 22.1 Å². The van der Waals surface area contributed by atoms with Gasteiger partial charge in [0.05, 0.1) is 0 Å². The van der Waals surface area contributed by atoms with Crippen molar-refractivity contribution in [1.82, 2.24) is 0 Å². The molecular formula is C9H13Cl2OTi. The van der Waals surface area contributed by atoms with E-state index in [-0.39, 0.29) is 24.8 Å². The molecule has 0 atom stereocenters. The molecule has 1 nitrogen and oxygen atoms in total. The summed E-state index contributed by atoms with van der Waals surface area (Å²) >= 11 is 2.14. The standard InChI is InChI=1S/C5H5.C4H8O.2ClH.Ti/c2*1-2-4-5-3-1;;;/h1-3H,4H2;1-4H2;2*1H;/q;;;;+2/p-2. The van der Waals surface area contributed by atoms with Crippen LogP contribution in [0.4, 0.5) is 0 Å². The number of rotatable bonds is 0. The van der Waals surface area contributed by atoms with Gasteiger partial charge in [-0.1, -0.05) is 0 Å². The Hall–Kier alpha value is 0.734. The monoisotopic (exact) mass is 255 g/mol. The van der Waals surface area contributed by atoms with E-state index < -0.39 is 0 Å². The maximum absolute atomic E-state index is 4.94. The van der Waals surface area contributed by atoms with E-state index >= 15 is 0 Å². The zero-order chi connectivity index (χ0) is 7.94. The number of ether oxygens (including phenoxy) is 1. The van der Waals surface area contributed by atoms with Gasteiger partial charge in [0, 0.05) is 13.2 Å². The first-order valence-corrected chi connectivity index (χ1v) is 4.83. The predicted octanol–water partition coefficient (Wildman–Crippen LogP) is -3.82. The Morgan fingerprint density at radius 2 is 1.77 bits per heavy atom. The van der Waals surface area contributed by atoms with Gasteiger partial charge >= 0.3 is 49.0 Å². The van der Waals surface area contributed by atoms with E-state index in [0.29, 0.717) is 0 Å². The van der Waals surface area contributed by atoms with Crippen LogP contribution in [0.15, 0.2) is 22.1 Å². The van der Waals surface area contributed by atoms with Crippen molar-refractivity contribution in [1.29, 1.82) is 0 Å². The van der Waals surface area contributed by atoms with Crippen LogP contribution in [-0.2, 0) is 25.2 Å². The van der Waals surface area contributed by atoms with Gasteiger partial charge in [0.1, 0.15) is 0 Å². The van der Waals surface area contributed by atoms with E-state index in [1.54, 1.807) is 0 Å². The fraction of sp³-hybridized carbons (Fsp3) is 0.556. The molecule has 0 amide bonds. The quantitative estimate of drug-likeness (QED) is 0.404. The normalized spacial score (nSPS) is 17.8. The molecule has 1 heterocycles.